The number of ether oxygens (including phenoxy) is 2. The number of nitrogens with one attached hydrogen (secondary N) is 2. The summed E-state index contributed by atoms with van der Waals surface area (Å²) < 4.78 is 11.5. The summed E-state index contributed by atoms with van der Waals surface area (Å²) in [7, 11) is 3.23. The Kier molecular flexibility index (Phi) is 5.61. The maximum Gasteiger partial charge on any atom is 0.233 e. The molecule has 0 radical (unpaired) electrons. The van der Waals surface area contributed by atoms with E-state index >= 15 is 0 Å². The van der Waals surface area contributed by atoms with Crippen molar-refractivity contribution in [3.05, 3.63) is 22.7 Å². The summed E-state index contributed by atoms with van der Waals surface area (Å²) in [6.45, 7) is 2.08. The van der Waals surface area contributed by atoms with Crippen LogP contribution in [-0.2, 0) is 9.53 Å². The lowest BCUT2D eigenvalue weighted by Gasteiger charge is -2.35. The van der Waals surface area contributed by atoms with Crippen LogP contribution in [-0.4, -0.2) is 39.8 Å². The van der Waals surface area contributed by atoms with Crippen molar-refractivity contribution in [2.24, 2.45) is 5.41 Å². The van der Waals surface area contributed by atoms with E-state index < -0.39 is 5.41 Å². The first-order chi connectivity index (χ1) is 10.1. The highest BCUT2D eigenvalue weighted by Crippen LogP contribution is 2.34. The number of amides is 1. The van der Waals surface area contributed by atoms with E-state index in [4.69, 9.17) is 9.47 Å². The molecular formula is C15H21BrN2O3. The second kappa shape index (κ2) is 7.24. The maximum absolute atomic E-state index is 12.8. The monoisotopic (exact) mass is 356 g/mol. The van der Waals surface area contributed by atoms with Crippen LogP contribution in [0.1, 0.15) is 12.8 Å². The number of halogens is 1. The van der Waals surface area contributed by atoms with Crippen molar-refractivity contribution in [3.63, 3.8) is 0 Å². The molecule has 1 amide bonds. The van der Waals surface area contributed by atoms with Crippen LogP contribution in [0.2, 0.25) is 0 Å². The van der Waals surface area contributed by atoms with Crippen molar-refractivity contribution in [1.29, 1.82) is 0 Å². The van der Waals surface area contributed by atoms with Crippen molar-refractivity contribution in [3.8, 4) is 5.75 Å². The zero-order valence-electron chi connectivity index (χ0n) is 12.4. The molecule has 1 heterocycles. The molecule has 1 aromatic carbocycles. The number of methoxy groups -OCH3 is 2. The highest BCUT2D eigenvalue weighted by molar-refractivity contribution is 9.10. The standard InChI is InChI=1S/C15H21BrN2O3/c1-20-10-15(5-7-17-8-6-15)14(19)18-12-9-11(16)3-4-13(12)21-2/h3-4,9,17H,5-8,10H2,1-2H3,(H,18,19). The number of carbonyl (C=O) groups excluding carboxylic acids is 1. The molecule has 6 heteroatoms. The number of hydrogen-bond donors (Lipinski definition) is 2. The lowest BCUT2D eigenvalue weighted by atomic mass is 9.78. The summed E-state index contributed by atoms with van der Waals surface area (Å²) in [5.41, 5.74) is 0.193. The molecule has 5 nitrogen and oxygen atoms in total. The summed E-state index contributed by atoms with van der Waals surface area (Å²) >= 11 is 3.41. The molecule has 0 atom stereocenters. The fourth-order valence-corrected chi connectivity index (χ4v) is 3.01. The fraction of sp³-hybridized carbons (Fsp3) is 0.533. The van der Waals surface area contributed by atoms with Gasteiger partial charge in [0, 0.05) is 11.6 Å². The Hall–Kier alpha value is -1.11. The molecule has 116 valence electrons. The van der Waals surface area contributed by atoms with Gasteiger partial charge in [0.1, 0.15) is 5.75 Å². The van der Waals surface area contributed by atoms with Crippen molar-refractivity contribution >= 4 is 27.5 Å². The fourth-order valence-electron chi connectivity index (χ4n) is 2.65. The Morgan fingerprint density at radius 3 is 2.71 bits per heavy atom. The number of rotatable bonds is 5. The minimum absolute atomic E-state index is 0.0118. The normalized spacial score (nSPS) is 17.3. The van der Waals surface area contributed by atoms with Gasteiger partial charge < -0.3 is 20.1 Å². The minimum Gasteiger partial charge on any atom is -0.495 e. The average Bonchev–Trinajstić information content (AvgIpc) is 2.49. The molecule has 2 N–H and O–H groups in total. The van der Waals surface area contributed by atoms with E-state index in [0.717, 1.165) is 30.4 Å². The highest BCUT2D eigenvalue weighted by atomic mass is 79.9. The third-order valence-corrected chi connectivity index (χ3v) is 4.37. The Bertz CT molecular complexity index is 496. The summed E-state index contributed by atoms with van der Waals surface area (Å²) in [6, 6.07) is 5.55. The molecule has 1 aliphatic heterocycles. The lowest BCUT2D eigenvalue weighted by Crippen LogP contribution is -2.47. The number of hydrogen-bond acceptors (Lipinski definition) is 4. The SMILES string of the molecule is COCC1(C(=O)Nc2cc(Br)ccc2OC)CCNCC1. The molecule has 1 aromatic rings. The van der Waals surface area contributed by atoms with Crippen molar-refractivity contribution in [2.75, 3.05) is 39.2 Å². The first-order valence-electron chi connectivity index (χ1n) is 6.96. The molecule has 0 saturated carbocycles. The second-order valence-corrected chi connectivity index (χ2v) is 6.18. The van der Waals surface area contributed by atoms with E-state index in [1.54, 1.807) is 14.2 Å². The van der Waals surface area contributed by atoms with Gasteiger partial charge in [-0.1, -0.05) is 15.9 Å². The van der Waals surface area contributed by atoms with Gasteiger partial charge in [0.25, 0.3) is 0 Å². The summed E-state index contributed by atoms with van der Waals surface area (Å²) in [4.78, 5) is 12.8. The molecule has 2 rings (SSSR count). The molecule has 1 aliphatic rings. The Morgan fingerprint density at radius 1 is 1.38 bits per heavy atom. The van der Waals surface area contributed by atoms with Gasteiger partial charge in [-0.2, -0.15) is 0 Å². The van der Waals surface area contributed by atoms with Crippen LogP contribution in [0.5, 0.6) is 5.75 Å². The van der Waals surface area contributed by atoms with E-state index in [1.807, 2.05) is 18.2 Å². The lowest BCUT2D eigenvalue weighted by molar-refractivity contribution is -0.130. The first kappa shape index (κ1) is 16.3. The number of piperidine rings is 1. The van der Waals surface area contributed by atoms with Gasteiger partial charge in [-0.3, -0.25) is 4.79 Å². The Morgan fingerprint density at radius 2 is 2.10 bits per heavy atom. The Labute approximate surface area is 133 Å². The van der Waals surface area contributed by atoms with Crippen molar-refractivity contribution in [2.45, 2.75) is 12.8 Å². The number of benzene rings is 1. The smallest absolute Gasteiger partial charge is 0.233 e. The van der Waals surface area contributed by atoms with Crippen LogP contribution in [0.15, 0.2) is 22.7 Å². The van der Waals surface area contributed by atoms with Crippen LogP contribution in [0.3, 0.4) is 0 Å². The molecule has 1 fully saturated rings. The molecule has 0 unspecified atom stereocenters. The molecule has 0 aliphatic carbocycles. The highest BCUT2D eigenvalue weighted by Gasteiger charge is 2.39. The Balaban J connectivity index is 2.20. The van der Waals surface area contributed by atoms with Gasteiger partial charge in [-0.05, 0) is 44.1 Å². The van der Waals surface area contributed by atoms with E-state index in [2.05, 4.69) is 26.6 Å². The van der Waals surface area contributed by atoms with Crippen LogP contribution in [0.25, 0.3) is 0 Å². The molecule has 1 saturated heterocycles. The summed E-state index contributed by atoms with van der Waals surface area (Å²) in [5, 5.41) is 6.28. The molecule has 0 bridgehead atoms. The van der Waals surface area contributed by atoms with Crippen LogP contribution >= 0.6 is 15.9 Å². The van der Waals surface area contributed by atoms with E-state index in [-0.39, 0.29) is 5.91 Å². The van der Waals surface area contributed by atoms with Crippen LogP contribution in [0, 0.1) is 5.41 Å². The molecule has 0 spiro atoms. The third kappa shape index (κ3) is 3.75. The predicted octanol–water partition coefficient (Wildman–Crippen LogP) is 2.41. The van der Waals surface area contributed by atoms with E-state index in [9.17, 15) is 4.79 Å². The molecule has 21 heavy (non-hydrogen) atoms. The van der Waals surface area contributed by atoms with Gasteiger partial charge in [0.05, 0.1) is 24.8 Å². The zero-order valence-corrected chi connectivity index (χ0v) is 14.0. The predicted molar refractivity (Wildman–Crippen MR) is 85.7 cm³/mol. The second-order valence-electron chi connectivity index (χ2n) is 5.26. The largest absolute Gasteiger partial charge is 0.495 e. The van der Waals surface area contributed by atoms with Gasteiger partial charge >= 0.3 is 0 Å². The number of anilines is 1. The minimum atomic E-state index is -0.479. The molecular weight excluding hydrogens is 336 g/mol. The summed E-state index contributed by atoms with van der Waals surface area (Å²) in [5.74, 6) is 0.635. The van der Waals surface area contributed by atoms with Gasteiger partial charge in [0.2, 0.25) is 5.91 Å². The topological polar surface area (TPSA) is 59.6 Å². The third-order valence-electron chi connectivity index (χ3n) is 3.87. The summed E-state index contributed by atoms with van der Waals surface area (Å²) in [6.07, 6.45) is 1.53. The van der Waals surface area contributed by atoms with E-state index in [1.165, 1.54) is 0 Å². The first-order valence-corrected chi connectivity index (χ1v) is 7.75. The van der Waals surface area contributed by atoms with Crippen LogP contribution < -0.4 is 15.4 Å². The van der Waals surface area contributed by atoms with Gasteiger partial charge in [-0.15, -0.1) is 0 Å². The van der Waals surface area contributed by atoms with Crippen molar-refractivity contribution < 1.29 is 14.3 Å². The quantitative estimate of drug-likeness (QED) is 0.850. The van der Waals surface area contributed by atoms with Crippen LogP contribution in [0.4, 0.5) is 5.69 Å². The zero-order chi connectivity index (χ0) is 15.3. The maximum atomic E-state index is 12.8. The molecule has 0 aromatic heterocycles. The average molecular weight is 357 g/mol. The number of carbonyl (C=O) groups is 1. The van der Waals surface area contributed by atoms with Gasteiger partial charge in [-0.25, -0.2) is 0 Å². The van der Waals surface area contributed by atoms with E-state index in [0.29, 0.717) is 18.0 Å². The van der Waals surface area contributed by atoms with Gasteiger partial charge in [0.15, 0.2) is 0 Å². The van der Waals surface area contributed by atoms with Crippen molar-refractivity contribution in [1.82, 2.24) is 5.32 Å².